The molecule has 0 saturated heterocycles. The third-order valence-electron chi connectivity index (χ3n) is 5.87. The summed E-state index contributed by atoms with van der Waals surface area (Å²) >= 11 is 0. The molecule has 6 heteroatoms. The molecule has 184 valence electrons. The molecule has 0 radical (unpaired) electrons. The molecule has 0 aliphatic carbocycles. The number of carbonyl (C=O) groups excluding carboxylic acids is 1. The number of fused-ring (bicyclic) bond motifs is 1. The van der Waals surface area contributed by atoms with Crippen LogP contribution in [0, 0.1) is 6.92 Å². The predicted molar refractivity (Wildman–Crippen MR) is 146 cm³/mol. The zero-order valence-corrected chi connectivity index (χ0v) is 20.8. The van der Waals surface area contributed by atoms with Crippen LogP contribution in [-0.2, 0) is 11.3 Å². The minimum atomic E-state index is -0.380. The highest BCUT2D eigenvalue weighted by atomic mass is 16.5. The van der Waals surface area contributed by atoms with E-state index in [4.69, 9.17) is 19.6 Å². The van der Waals surface area contributed by atoms with Gasteiger partial charge in [0.25, 0.3) is 0 Å². The Balaban J connectivity index is 1.48. The second-order valence-corrected chi connectivity index (χ2v) is 8.56. The zero-order chi connectivity index (χ0) is 25.6. The average molecular weight is 490 g/mol. The number of pyridine rings is 1. The van der Waals surface area contributed by atoms with E-state index in [1.165, 1.54) is 0 Å². The van der Waals surface area contributed by atoms with E-state index in [1.807, 2.05) is 109 Å². The molecule has 5 rings (SSSR count). The van der Waals surface area contributed by atoms with E-state index < -0.39 is 0 Å². The summed E-state index contributed by atoms with van der Waals surface area (Å²) in [4.78, 5) is 17.7. The molecule has 0 fully saturated rings. The van der Waals surface area contributed by atoms with Crippen LogP contribution >= 0.6 is 0 Å². The summed E-state index contributed by atoms with van der Waals surface area (Å²) in [5, 5.41) is 5.44. The average Bonchev–Trinajstić information content (AvgIpc) is 3.24. The minimum Gasteiger partial charge on any atom is -0.462 e. The van der Waals surface area contributed by atoms with Crippen molar-refractivity contribution in [2.75, 3.05) is 6.61 Å². The van der Waals surface area contributed by atoms with Crippen molar-refractivity contribution in [3.8, 4) is 11.5 Å². The lowest BCUT2D eigenvalue weighted by molar-refractivity contribution is 0.0528. The van der Waals surface area contributed by atoms with E-state index in [0.717, 1.165) is 28.3 Å². The Kier molecular flexibility index (Phi) is 7.08. The minimum absolute atomic E-state index is 0.294. The highest BCUT2D eigenvalue weighted by Crippen LogP contribution is 2.26. The number of esters is 1. The monoisotopic (exact) mass is 489 g/mol. The number of para-hydroxylation sites is 1. The normalized spacial score (nSPS) is 11.2. The van der Waals surface area contributed by atoms with Gasteiger partial charge in [-0.25, -0.2) is 14.5 Å². The summed E-state index contributed by atoms with van der Waals surface area (Å²) in [6, 6.07) is 29.3. The number of benzene rings is 3. The second kappa shape index (κ2) is 10.9. The molecular weight excluding hydrogens is 462 g/mol. The van der Waals surface area contributed by atoms with Gasteiger partial charge in [0.2, 0.25) is 0 Å². The molecule has 3 aromatic carbocycles. The van der Waals surface area contributed by atoms with Gasteiger partial charge in [0, 0.05) is 0 Å². The first-order valence-electron chi connectivity index (χ1n) is 12.2. The molecule has 0 N–H and O–H groups in total. The van der Waals surface area contributed by atoms with Crippen LogP contribution in [0.25, 0.3) is 23.2 Å². The fraction of sp³-hybridized carbons (Fsp3) is 0.129. The first-order chi connectivity index (χ1) is 18.1. The molecule has 0 spiro atoms. The Bertz CT molecular complexity index is 1540. The molecule has 0 aliphatic rings. The molecule has 0 saturated carbocycles. The van der Waals surface area contributed by atoms with Crippen molar-refractivity contribution in [1.82, 2.24) is 14.8 Å². The van der Waals surface area contributed by atoms with Crippen LogP contribution in [0.5, 0.6) is 11.5 Å². The van der Waals surface area contributed by atoms with E-state index in [9.17, 15) is 4.79 Å². The highest BCUT2D eigenvalue weighted by molar-refractivity contribution is 6.04. The van der Waals surface area contributed by atoms with E-state index in [2.05, 4.69) is 0 Å². The van der Waals surface area contributed by atoms with Crippen molar-refractivity contribution in [3.63, 3.8) is 0 Å². The first-order valence-corrected chi connectivity index (χ1v) is 12.2. The molecule has 0 unspecified atom stereocenters. The van der Waals surface area contributed by atoms with Gasteiger partial charge in [-0.1, -0.05) is 66.7 Å². The van der Waals surface area contributed by atoms with Crippen LogP contribution in [0.2, 0.25) is 0 Å². The third kappa shape index (κ3) is 5.59. The Morgan fingerprint density at radius 2 is 1.57 bits per heavy atom. The molecular formula is C31H27N3O3. The molecule has 0 amide bonds. The van der Waals surface area contributed by atoms with Gasteiger partial charge in [0.05, 0.1) is 35.5 Å². The maximum Gasteiger partial charge on any atom is 0.339 e. The summed E-state index contributed by atoms with van der Waals surface area (Å²) in [5.41, 5.74) is 4.58. The first kappa shape index (κ1) is 24.0. The quantitative estimate of drug-likeness (QED) is 0.221. The van der Waals surface area contributed by atoms with Crippen LogP contribution in [0.15, 0.2) is 91.0 Å². The SMILES string of the molecule is CCOC(=O)c1cc(C=Cc2ccccc2)nc2c1c(C)nn2Cc1ccc(Oc2ccccc2)cc1. The van der Waals surface area contributed by atoms with Gasteiger partial charge in [-0.2, -0.15) is 5.10 Å². The van der Waals surface area contributed by atoms with Crippen molar-refractivity contribution in [1.29, 1.82) is 0 Å². The lowest BCUT2D eigenvalue weighted by Crippen LogP contribution is -2.08. The molecule has 2 heterocycles. The number of aryl methyl sites for hydroxylation is 1. The van der Waals surface area contributed by atoms with E-state index in [-0.39, 0.29) is 5.97 Å². The molecule has 0 bridgehead atoms. The van der Waals surface area contributed by atoms with Gasteiger partial charge in [-0.05, 0) is 61.4 Å². The highest BCUT2D eigenvalue weighted by Gasteiger charge is 2.20. The maximum atomic E-state index is 12.9. The molecule has 37 heavy (non-hydrogen) atoms. The van der Waals surface area contributed by atoms with Crippen LogP contribution in [0.1, 0.15) is 39.8 Å². The number of hydrogen-bond donors (Lipinski definition) is 0. The third-order valence-corrected chi connectivity index (χ3v) is 5.87. The van der Waals surface area contributed by atoms with Gasteiger partial charge in [-0.15, -0.1) is 0 Å². The fourth-order valence-electron chi connectivity index (χ4n) is 4.14. The second-order valence-electron chi connectivity index (χ2n) is 8.56. The van der Waals surface area contributed by atoms with E-state index in [1.54, 1.807) is 13.0 Å². The van der Waals surface area contributed by atoms with Crippen LogP contribution in [-0.4, -0.2) is 27.3 Å². The van der Waals surface area contributed by atoms with Gasteiger partial charge in [-0.3, -0.25) is 0 Å². The number of nitrogens with zero attached hydrogens (tertiary/aromatic N) is 3. The number of carbonyl (C=O) groups is 1. The smallest absolute Gasteiger partial charge is 0.339 e. The molecule has 6 nitrogen and oxygen atoms in total. The Morgan fingerprint density at radius 1 is 0.892 bits per heavy atom. The van der Waals surface area contributed by atoms with Gasteiger partial charge < -0.3 is 9.47 Å². The maximum absolute atomic E-state index is 12.9. The van der Waals surface area contributed by atoms with Crippen molar-refractivity contribution in [2.24, 2.45) is 0 Å². The lowest BCUT2D eigenvalue weighted by Gasteiger charge is -2.09. The van der Waals surface area contributed by atoms with Crippen molar-refractivity contribution in [3.05, 3.63) is 119 Å². The summed E-state index contributed by atoms with van der Waals surface area (Å²) in [6.45, 7) is 4.48. The van der Waals surface area contributed by atoms with Gasteiger partial charge in [0.15, 0.2) is 5.65 Å². The van der Waals surface area contributed by atoms with Gasteiger partial charge in [0.1, 0.15) is 11.5 Å². The Hall–Kier alpha value is -4.71. The molecule has 5 aromatic rings. The molecule has 2 aromatic heterocycles. The number of rotatable bonds is 8. The summed E-state index contributed by atoms with van der Waals surface area (Å²) in [6.07, 6.45) is 3.88. The summed E-state index contributed by atoms with van der Waals surface area (Å²) in [5.74, 6) is 1.16. The Morgan fingerprint density at radius 3 is 2.27 bits per heavy atom. The zero-order valence-electron chi connectivity index (χ0n) is 20.8. The van der Waals surface area contributed by atoms with Crippen molar-refractivity contribution < 1.29 is 14.3 Å². The molecule has 0 atom stereocenters. The van der Waals surface area contributed by atoms with Crippen molar-refractivity contribution >= 4 is 29.2 Å². The molecule has 0 aliphatic heterocycles. The van der Waals surface area contributed by atoms with Crippen LogP contribution < -0.4 is 4.74 Å². The number of hydrogen-bond acceptors (Lipinski definition) is 5. The lowest BCUT2D eigenvalue weighted by atomic mass is 10.1. The van der Waals surface area contributed by atoms with Crippen LogP contribution in [0.3, 0.4) is 0 Å². The summed E-state index contributed by atoms with van der Waals surface area (Å²) < 4.78 is 13.1. The van der Waals surface area contributed by atoms with Crippen molar-refractivity contribution in [2.45, 2.75) is 20.4 Å². The Labute approximate surface area is 215 Å². The number of aromatic nitrogens is 3. The topological polar surface area (TPSA) is 66.2 Å². The van der Waals surface area contributed by atoms with E-state index in [0.29, 0.717) is 35.4 Å². The van der Waals surface area contributed by atoms with Gasteiger partial charge >= 0.3 is 5.97 Å². The number of ether oxygens (including phenoxy) is 2. The predicted octanol–water partition coefficient (Wildman–Crippen LogP) is 6.93. The summed E-state index contributed by atoms with van der Waals surface area (Å²) in [7, 11) is 0. The van der Waals surface area contributed by atoms with Crippen LogP contribution in [0.4, 0.5) is 0 Å². The van der Waals surface area contributed by atoms with E-state index >= 15 is 0 Å². The standard InChI is InChI=1S/C31H27N3O3/c1-3-36-31(35)28-20-25(17-14-23-10-6-4-7-11-23)32-30-29(28)22(2)33-34(30)21-24-15-18-27(19-16-24)37-26-12-8-5-9-13-26/h4-20H,3,21H2,1-2H3. The largest absolute Gasteiger partial charge is 0.462 e. The fourth-order valence-corrected chi connectivity index (χ4v) is 4.14.